The van der Waals surface area contributed by atoms with Gasteiger partial charge >= 0.3 is 0 Å². The molecule has 0 aliphatic carbocycles. The molecule has 0 spiro atoms. The molecule has 0 amide bonds. The van der Waals surface area contributed by atoms with E-state index in [2.05, 4.69) is 16.9 Å². The van der Waals surface area contributed by atoms with Crippen molar-refractivity contribution in [1.29, 1.82) is 0 Å². The average Bonchev–Trinajstić information content (AvgIpc) is 1.69. The smallest absolute Gasteiger partial charge is 0.0622 e. The lowest BCUT2D eigenvalue weighted by Crippen LogP contribution is -1.99. The van der Waals surface area contributed by atoms with Crippen LogP contribution >= 0.6 is 11.9 Å². The number of hydrogen-bond donors (Lipinski definition) is 1. The first kappa shape index (κ1) is 4.71. The quantitative estimate of drug-likeness (QED) is 0.473. The molecule has 2 nitrogen and oxygen atoms in total. The van der Waals surface area contributed by atoms with Crippen LogP contribution in [-0.4, -0.2) is 5.71 Å². The minimum absolute atomic E-state index is 0.777. The van der Waals surface area contributed by atoms with Crippen molar-refractivity contribution in [2.24, 2.45) is 5.10 Å². The van der Waals surface area contributed by atoms with E-state index in [0.717, 1.165) is 5.71 Å². The number of nitrogens with one attached hydrogen (secondary N) is 1. The van der Waals surface area contributed by atoms with Gasteiger partial charge in [0.2, 0.25) is 0 Å². The zero-order valence-electron chi connectivity index (χ0n) is 3.72. The Morgan fingerprint density at radius 3 is 3.00 bits per heavy atom. The maximum absolute atomic E-state index is 3.76. The predicted octanol–water partition coefficient (Wildman–Crippen LogP) is 0.942. The first-order chi connectivity index (χ1) is 3.39. The van der Waals surface area contributed by atoms with Gasteiger partial charge < -0.3 is 0 Å². The van der Waals surface area contributed by atoms with Crippen molar-refractivity contribution in [3.8, 4) is 0 Å². The third kappa shape index (κ3) is 1.23. The van der Waals surface area contributed by atoms with Crippen LogP contribution in [0.15, 0.2) is 16.6 Å². The maximum Gasteiger partial charge on any atom is 0.0622 e. The molecule has 0 unspecified atom stereocenters. The van der Waals surface area contributed by atoms with Gasteiger partial charge in [0.05, 0.1) is 5.71 Å². The molecule has 1 N–H and O–H groups in total. The van der Waals surface area contributed by atoms with Gasteiger partial charge in [0.1, 0.15) is 0 Å². The molecule has 37 valence electrons. The standard InChI is InChI=1S/C4H5N2S/c1-4-2-3-7-6-5-4/h2-3,6H,1H2. The van der Waals surface area contributed by atoms with E-state index in [-0.39, 0.29) is 0 Å². The summed E-state index contributed by atoms with van der Waals surface area (Å²) in [4.78, 5) is 2.69. The molecule has 3 heteroatoms. The van der Waals surface area contributed by atoms with Crippen LogP contribution in [0.2, 0.25) is 0 Å². The third-order valence-corrected chi connectivity index (χ3v) is 1.04. The highest BCUT2D eigenvalue weighted by atomic mass is 32.2. The Bertz CT molecular complexity index is 117. The van der Waals surface area contributed by atoms with Crippen molar-refractivity contribution in [2.45, 2.75) is 0 Å². The largest absolute Gasteiger partial charge is 0.247 e. The lowest BCUT2D eigenvalue weighted by molar-refractivity contribution is 1.12. The second kappa shape index (κ2) is 2.02. The van der Waals surface area contributed by atoms with E-state index in [1.54, 1.807) is 0 Å². The molecule has 1 aliphatic rings. The van der Waals surface area contributed by atoms with Crippen molar-refractivity contribution in [3.05, 3.63) is 18.4 Å². The van der Waals surface area contributed by atoms with Gasteiger partial charge in [0, 0.05) is 0 Å². The summed E-state index contributed by atoms with van der Waals surface area (Å²) in [6, 6.07) is 0. The molecule has 0 saturated heterocycles. The van der Waals surface area contributed by atoms with E-state index in [4.69, 9.17) is 0 Å². The Kier molecular flexibility index (Phi) is 1.36. The first-order valence-electron chi connectivity index (χ1n) is 1.86. The molecule has 1 heterocycles. The Morgan fingerprint density at radius 2 is 2.71 bits per heavy atom. The second-order valence-corrected chi connectivity index (χ2v) is 1.81. The van der Waals surface area contributed by atoms with Gasteiger partial charge in [-0.15, -0.1) is 0 Å². The normalized spacial score (nSPS) is 18.1. The Balaban J connectivity index is 2.58. The van der Waals surface area contributed by atoms with Crippen molar-refractivity contribution in [1.82, 2.24) is 4.83 Å². The van der Waals surface area contributed by atoms with Crippen molar-refractivity contribution < 1.29 is 0 Å². The number of hydrogen-bond acceptors (Lipinski definition) is 3. The minimum atomic E-state index is 0.777. The first-order valence-corrected chi connectivity index (χ1v) is 2.74. The Hall–Kier alpha value is -0.440. The molecular weight excluding hydrogens is 108 g/mol. The summed E-state index contributed by atoms with van der Waals surface area (Å²) in [5, 5.41) is 5.66. The molecule has 0 fully saturated rings. The minimum Gasteiger partial charge on any atom is -0.247 e. The molecule has 0 bridgehead atoms. The van der Waals surface area contributed by atoms with Gasteiger partial charge in [-0.2, -0.15) is 5.10 Å². The van der Waals surface area contributed by atoms with Crippen LogP contribution in [0.4, 0.5) is 0 Å². The highest BCUT2D eigenvalue weighted by Crippen LogP contribution is 2.00. The summed E-state index contributed by atoms with van der Waals surface area (Å²) in [6.45, 7) is 3.58. The molecule has 1 radical (unpaired) electrons. The van der Waals surface area contributed by atoms with E-state index in [1.165, 1.54) is 11.9 Å². The van der Waals surface area contributed by atoms with E-state index in [1.807, 2.05) is 11.5 Å². The van der Waals surface area contributed by atoms with Crippen LogP contribution in [0, 0.1) is 6.92 Å². The molecule has 7 heavy (non-hydrogen) atoms. The van der Waals surface area contributed by atoms with E-state index in [0.29, 0.717) is 0 Å². The maximum atomic E-state index is 3.76. The lowest BCUT2D eigenvalue weighted by Gasteiger charge is -1.98. The van der Waals surface area contributed by atoms with Gasteiger partial charge in [-0.05, 0) is 30.4 Å². The summed E-state index contributed by atoms with van der Waals surface area (Å²) >= 11 is 1.44. The highest BCUT2D eigenvalue weighted by Gasteiger charge is 1.86. The van der Waals surface area contributed by atoms with Gasteiger partial charge in [0.15, 0.2) is 0 Å². The van der Waals surface area contributed by atoms with Gasteiger partial charge in [-0.25, -0.2) is 4.83 Å². The SMILES string of the molecule is [CH2]C1=NNSC=C1. The van der Waals surface area contributed by atoms with Gasteiger partial charge in [-0.1, -0.05) is 0 Å². The molecule has 0 aromatic carbocycles. The fourth-order valence-corrected chi connectivity index (χ4v) is 0.721. The number of hydrazone groups is 1. The molecule has 1 aliphatic heterocycles. The van der Waals surface area contributed by atoms with Crippen LogP contribution in [0.1, 0.15) is 0 Å². The number of rotatable bonds is 0. The molecule has 1 rings (SSSR count). The average molecular weight is 113 g/mol. The zero-order chi connectivity index (χ0) is 5.11. The van der Waals surface area contributed by atoms with Crippen LogP contribution in [0.25, 0.3) is 0 Å². The number of nitrogens with zero attached hydrogens (tertiary/aromatic N) is 1. The van der Waals surface area contributed by atoms with Crippen LogP contribution in [0.3, 0.4) is 0 Å². The van der Waals surface area contributed by atoms with E-state index < -0.39 is 0 Å². The highest BCUT2D eigenvalue weighted by molar-refractivity contribution is 8.00. The topological polar surface area (TPSA) is 24.4 Å². The lowest BCUT2D eigenvalue weighted by atomic mass is 10.4. The zero-order valence-corrected chi connectivity index (χ0v) is 4.53. The molecule has 0 aromatic heterocycles. The Morgan fingerprint density at radius 1 is 1.86 bits per heavy atom. The monoisotopic (exact) mass is 113 g/mol. The van der Waals surface area contributed by atoms with Crippen LogP contribution in [-0.2, 0) is 0 Å². The number of allylic oxidation sites excluding steroid dienone is 1. The second-order valence-electron chi connectivity index (χ2n) is 1.12. The molecule has 0 saturated carbocycles. The third-order valence-electron chi connectivity index (χ3n) is 0.570. The van der Waals surface area contributed by atoms with Crippen LogP contribution in [0.5, 0.6) is 0 Å². The van der Waals surface area contributed by atoms with Crippen molar-refractivity contribution in [2.75, 3.05) is 0 Å². The Labute approximate surface area is 46.8 Å². The summed E-state index contributed by atoms with van der Waals surface area (Å²) in [5.41, 5.74) is 0.777. The summed E-state index contributed by atoms with van der Waals surface area (Å²) in [6.07, 6.45) is 1.85. The van der Waals surface area contributed by atoms with E-state index >= 15 is 0 Å². The van der Waals surface area contributed by atoms with E-state index in [9.17, 15) is 0 Å². The van der Waals surface area contributed by atoms with Crippen molar-refractivity contribution >= 4 is 17.7 Å². The van der Waals surface area contributed by atoms with Gasteiger partial charge in [-0.3, -0.25) is 0 Å². The molecule has 0 atom stereocenters. The molecular formula is C4H5N2S. The summed E-state index contributed by atoms with van der Waals surface area (Å²) in [7, 11) is 0. The summed E-state index contributed by atoms with van der Waals surface area (Å²) < 4.78 is 0. The van der Waals surface area contributed by atoms with Crippen LogP contribution < -0.4 is 4.83 Å². The fourth-order valence-electron chi connectivity index (χ4n) is 0.265. The fraction of sp³-hybridized carbons (Fsp3) is 0. The molecule has 0 aromatic rings. The van der Waals surface area contributed by atoms with Gasteiger partial charge in [0.25, 0.3) is 0 Å². The predicted molar refractivity (Wildman–Crippen MR) is 32.7 cm³/mol. The summed E-state index contributed by atoms with van der Waals surface area (Å²) in [5.74, 6) is 0. The van der Waals surface area contributed by atoms with Crippen molar-refractivity contribution in [3.63, 3.8) is 0 Å².